The Bertz CT molecular complexity index is 1130. The lowest BCUT2D eigenvalue weighted by Crippen LogP contribution is -2.28. The molecule has 1 unspecified atom stereocenters. The molecule has 0 aliphatic heterocycles. The highest BCUT2D eigenvalue weighted by atomic mass is 31.2. The van der Waals surface area contributed by atoms with E-state index < -0.39 is 55.1 Å². The molecule has 0 saturated heterocycles. The second-order valence-corrected chi connectivity index (χ2v) is 10.1. The molecule has 0 aromatic heterocycles. The van der Waals surface area contributed by atoms with Crippen LogP contribution in [0.1, 0.15) is 50.7 Å². The van der Waals surface area contributed by atoms with Crippen molar-refractivity contribution in [2.75, 3.05) is 13.2 Å². The zero-order chi connectivity index (χ0) is 26.5. The summed E-state index contributed by atoms with van der Waals surface area (Å²) in [6.45, 7) is 3.14. The number of aryl methyl sites for hydroxylation is 2. The number of carbonyl (C=O) groups excluding carboxylic acids is 1. The van der Waals surface area contributed by atoms with Crippen molar-refractivity contribution in [3.63, 3.8) is 0 Å². The Morgan fingerprint density at radius 2 is 1.50 bits per heavy atom. The molecule has 0 bridgehead atoms. The van der Waals surface area contributed by atoms with Crippen molar-refractivity contribution in [3.05, 3.63) is 58.4 Å². The van der Waals surface area contributed by atoms with E-state index in [9.17, 15) is 31.3 Å². The van der Waals surface area contributed by atoms with Gasteiger partial charge in [0.05, 0.1) is 6.61 Å². The van der Waals surface area contributed by atoms with Crippen LogP contribution in [0.4, 0.5) is 22.0 Å². The molecule has 36 heavy (non-hydrogen) atoms. The van der Waals surface area contributed by atoms with Gasteiger partial charge in [-0.25, -0.2) is 17.7 Å². The van der Waals surface area contributed by atoms with Gasteiger partial charge in [0, 0.05) is 0 Å². The fraction of sp³-hybridized carbons (Fsp3) is 0.458. The largest absolute Gasteiger partial charge is 0.513 e. The fourth-order valence-corrected chi connectivity index (χ4v) is 5.00. The first kappa shape index (κ1) is 27.9. The molecule has 0 fully saturated rings. The van der Waals surface area contributed by atoms with Crippen molar-refractivity contribution in [1.29, 1.82) is 0 Å². The van der Waals surface area contributed by atoms with Crippen molar-refractivity contribution in [2.24, 2.45) is 5.92 Å². The summed E-state index contributed by atoms with van der Waals surface area (Å²) >= 11 is 0. The second-order valence-electron chi connectivity index (χ2n) is 8.42. The van der Waals surface area contributed by atoms with Crippen molar-refractivity contribution in [1.82, 2.24) is 5.09 Å². The topological polar surface area (TPSA) is 73.9 Å². The van der Waals surface area contributed by atoms with Crippen molar-refractivity contribution < 1.29 is 45.1 Å². The van der Waals surface area contributed by atoms with Gasteiger partial charge in [-0.1, -0.05) is 32.8 Å². The van der Waals surface area contributed by atoms with Gasteiger partial charge in [0.1, 0.15) is 12.3 Å². The van der Waals surface area contributed by atoms with Crippen LogP contribution in [0.5, 0.6) is 11.5 Å². The summed E-state index contributed by atoms with van der Waals surface area (Å²) in [6.07, 6.45) is 4.95. The van der Waals surface area contributed by atoms with E-state index in [-0.39, 0.29) is 18.3 Å². The Morgan fingerprint density at radius 1 is 0.917 bits per heavy atom. The van der Waals surface area contributed by atoms with Crippen LogP contribution < -0.4 is 14.1 Å². The van der Waals surface area contributed by atoms with Crippen LogP contribution in [-0.2, 0) is 26.9 Å². The van der Waals surface area contributed by atoms with E-state index in [0.717, 1.165) is 43.2 Å². The van der Waals surface area contributed by atoms with Crippen LogP contribution in [0.3, 0.4) is 0 Å². The molecule has 1 N–H and O–H groups in total. The number of esters is 1. The highest BCUT2D eigenvalue weighted by Crippen LogP contribution is 2.47. The molecule has 0 spiro atoms. The number of ether oxygens (including phenoxy) is 1. The molecular formula is C24H27F5NO5P. The quantitative estimate of drug-likeness (QED) is 0.118. The molecule has 0 saturated carbocycles. The van der Waals surface area contributed by atoms with Crippen molar-refractivity contribution in [2.45, 2.75) is 52.4 Å². The summed E-state index contributed by atoms with van der Waals surface area (Å²) < 4.78 is 98.0. The number of hydrogen-bond acceptors (Lipinski definition) is 5. The van der Waals surface area contributed by atoms with E-state index in [1.807, 2.05) is 13.8 Å². The summed E-state index contributed by atoms with van der Waals surface area (Å²) in [5, 5.41) is 2.11. The van der Waals surface area contributed by atoms with E-state index in [2.05, 4.69) is 5.09 Å². The zero-order valence-electron chi connectivity index (χ0n) is 19.8. The predicted octanol–water partition coefficient (Wildman–Crippen LogP) is 6.40. The van der Waals surface area contributed by atoms with E-state index in [1.165, 1.54) is 6.07 Å². The lowest BCUT2D eigenvalue weighted by atomic mass is 9.92. The smallest absolute Gasteiger partial charge is 0.464 e. The predicted molar refractivity (Wildman–Crippen MR) is 121 cm³/mol. The molecule has 198 valence electrons. The monoisotopic (exact) mass is 535 g/mol. The molecule has 12 heteroatoms. The van der Waals surface area contributed by atoms with Crippen LogP contribution in [0.15, 0.2) is 18.2 Å². The van der Waals surface area contributed by atoms with Gasteiger partial charge in [0.15, 0.2) is 0 Å². The molecule has 1 atom stereocenters. The van der Waals surface area contributed by atoms with E-state index in [1.54, 1.807) is 12.1 Å². The molecule has 1 aliphatic rings. The minimum atomic E-state index is -4.91. The lowest BCUT2D eigenvalue weighted by molar-refractivity contribution is -0.143. The highest BCUT2D eigenvalue weighted by Gasteiger charge is 2.36. The minimum Gasteiger partial charge on any atom is -0.464 e. The first-order valence-electron chi connectivity index (χ1n) is 11.6. The molecule has 3 rings (SSSR count). The standard InChI is InChI=1S/C24H27F5NO5P/c1-3-14(4-2)13-33-18(31)12-30-36(32,34-17-10-9-15-7-5-6-8-16(15)11-17)35-24-22(28)20(26)19(25)21(27)23(24)29/h9-11,14H,3-8,12-13H2,1-2H3,(H,30,32). The normalized spacial score (nSPS) is 14.8. The first-order chi connectivity index (χ1) is 17.1. The molecule has 6 nitrogen and oxygen atoms in total. The fourth-order valence-electron chi connectivity index (χ4n) is 3.72. The van der Waals surface area contributed by atoms with Gasteiger partial charge in [-0.3, -0.25) is 4.79 Å². The number of carbonyl (C=O) groups is 1. The summed E-state index contributed by atoms with van der Waals surface area (Å²) in [7, 11) is -4.91. The molecule has 2 aromatic rings. The third-order valence-corrected chi connectivity index (χ3v) is 7.40. The van der Waals surface area contributed by atoms with Gasteiger partial charge in [-0.2, -0.15) is 13.9 Å². The van der Waals surface area contributed by atoms with Crippen LogP contribution in [0.25, 0.3) is 0 Å². The van der Waals surface area contributed by atoms with E-state index in [0.29, 0.717) is 6.42 Å². The van der Waals surface area contributed by atoms with E-state index >= 15 is 0 Å². The Balaban J connectivity index is 1.87. The van der Waals surface area contributed by atoms with Gasteiger partial charge in [0.2, 0.25) is 34.8 Å². The van der Waals surface area contributed by atoms with Crippen molar-refractivity contribution >= 4 is 13.7 Å². The van der Waals surface area contributed by atoms with Crippen LogP contribution in [0.2, 0.25) is 0 Å². The third-order valence-electron chi connectivity index (χ3n) is 5.98. The Kier molecular flexibility index (Phi) is 9.35. The number of rotatable bonds is 11. The van der Waals surface area contributed by atoms with Crippen LogP contribution in [-0.4, -0.2) is 19.1 Å². The Labute approximate surface area is 205 Å². The summed E-state index contributed by atoms with van der Waals surface area (Å²) in [6, 6.07) is 4.71. The van der Waals surface area contributed by atoms with Crippen LogP contribution >= 0.6 is 7.75 Å². The SMILES string of the molecule is CCC(CC)COC(=O)CNP(=O)(Oc1ccc2c(c1)CCCC2)Oc1c(F)c(F)c(F)c(F)c1F. The van der Waals surface area contributed by atoms with Gasteiger partial charge in [-0.05, 0) is 54.9 Å². The van der Waals surface area contributed by atoms with Gasteiger partial charge < -0.3 is 13.8 Å². The molecule has 0 radical (unpaired) electrons. The number of nitrogens with one attached hydrogen (secondary N) is 1. The first-order valence-corrected chi connectivity index (χ1v) is 13.2. The maximum absolute atomic E-state index is 14.2. The Morgan fingerprint density at radius 3 is 2.11 bits per heavy atom. The van der Waals surface area contributed by atoms with Crippen molar-refractivity contribution in [3.8, 4) is 11.5 Å². The zero-order valence-corrected chi connectivity index (χ0v) is 20.7. The average Bonchev–Trinajstić information content (AvgIpc) is 2.88. The maximum atomic E-state index is 14.2. The Hall–Kier alpha value is -2.65. The molecule has 0 amide bonds. The molecule has 0 heterocycles. The summed E-state index contributed by atoms with van der Waals surface area (Å²) in [4.78, 5) is 12.2. The summed E-state index contributed by atoms with van der Waals surface area (Å²) in [5.74, 6) is -14.3. The summed E-state index contributed by atoms with van der Waals surface area (Å²) in [5.41, 5.74) is 1.94. The third kappa shape index (κ3) is 6.56. The van der Waals surface area contributed by atoms with Gasteiger partial charge in [-0.15, -0.1) is 0 Å². The average molecular weight is 535 g/mol. The second kappa shape index (κ2) is 12.1. The van der Waals surface area contributed by atoms with Gasteiger partial charge >= 0.3 is 13.7 Å². The number of fused-ring (bicyclic) bond motifs is 1. The number of benzene rings is 2. The highest BCUT2D eigenvalue weighted by molar-refractivity contribution is 7.52. The van der Waals surface area contributed by atoms with E-state index in [4.69, 9.17) is 13.8 Å². The molecular weight excluding hydrogens is 508 g/mol. The van der Waals surface area contributed by atoms with Gasteiger partial charge in [0.25, 0.3) is 0 Å². The molecule has 1 aliphatic carbocycles. The lowest BCUT2D eigenvalue weighted by Gasteiger charge is -2.22. The molecule has 2 aromatic carbocycles. The maximum Gasteiger partial charge on any atom is 0.513 e. The number of hydrogen-bond donors (Lipinski definition) is 1. The number of halogens is 5. The van der Waals surface area contributed by atoms with Crippen LogP contribution in [0, 0.1) is 35.0 Å². The minimum absolute atomic E-state index is 0.0410.